The molecule has 1 amide bonds. The Balaban J connectivity index is 1.74. The van der Waals surface area contributed by atoms with E-state index in [1.54, 1.807) is 11.3 Å². The molecule has 1 aliphatic rings. The zero-order valence-corrected chi connectivity index (χ0v) is 19.8. The van der Waals surface area contributed by atoms with Crippen molar-refractivity contribution in [1.82, 2.24) is 14.5 Å². The number of amides is 1. The van der Waals surface area contributed by atoms with E-state index < -0.39 is 0 Å². The summed E-state index contributed by atoms with van der Waals surface area (Å²) in [6.07, 6.45) is 8.30. The molecule has 1 saturated carbocycles. The van der Waals surface area contributed by atoms with Gasteiger partial charge in [-0.3, -0.25) is 4.79 Å². The number of hydrogen-bond acceptors (Lipinski definition) is 3. The molecular weight excluding hydrogens is 402 g/mol. The third kappa shape index (κ3) is 4.62. The van der Waals surface area contributed by atoms with Gasteiger partial charge in [-0.1, -0.05) is 62.9 Å². The first-order valence-electron chi connectivity index (χ1n) is 11.6. The topological polar surface area (TPSA) is 38.1 Å². The van der Waals surface area contributed by atoms with E-state index in [1.165, 1.54) is 32.1 Å². The maximum absolute atomic E-state index is 13.3. The number of rotatable bonds is 7. The molecule has 0 aliphatic heterocycles. The molecule has 0 bridgehead atoms. The predicted octanol–water partition coefficient (Wildman–Crippen LogP) is 6.96. The summed E-state index contributed by atoms with van der Waals surface area (Å²) in [6.45, 7) is 5.07. The highest BCUT2D eigenvalue weighted by Crippen LogP contribution is 2.38. The number of aromatic nitrogens is 2. The van der Waals surface area contributed by atoms with E-state index in [-0.39, 0.29) is 5.91 Å². The number of unbranched alkanes of at least 4 members (excludes halogenated alkanes) is 1. The van der Waals surface area contributed by atoms with Crippen molar-refractivity contribution in [3.05, 3.63) is 53.0 Å². The Bertz CT molecular complexity index is 1010. The van der Waals surface area contributed by atoms with Crippen molar-refractivity contribution >= 4 is 17.2 Å². The molecule has 0 unspecified atom stereocenters. The van der Waals surface area contributed by atoms with E-state index in [9.17, 15) is 4.79 Å². The van der Waals surface area contributed by atoms with Crippen molar-refractivity contribution in [2.24, 2.45) is 0 Å². The lowest BCUT2D eigenvalue weighted by molar-refractivity contribution is 0.0792. The number of benzene rings is 1. The van der Waals surface area contributed by atoms with Gasteiger partial charge in [0, 0.05) is 36.3 Å². The summed E-state index contributed by atoms with van der Waals surface area (Å²) < 4.78 is 2.42. The first kappa shape index (κ1) is 21.8. The molecule has 1 aliphatic carbocycles. The van der Waals surface area contributed by atoms with Gasteiger partial charge in [0.25, 0.3) is 5.91 Å². The summed E-state index contributed by atoms with van der Waals surface area (Å²) >= 11 is 1.67. The van der Waals surface area contributed by atoms with Crippen LogP contribution in [0.25, 0.3) is 22.0 Å². The van der Waals surface area contributed by atoms with Crippen LogP contribution in [-0.4, -0.2) is 34.0 Å². The van der Waals surface area contributed by atoms with Crippen LogP contribution in [0.1, 0.15) is 74.0 Å². The van der Waals surface area contributed by atoms with Crippen molar-refractivity contribution in [2.45, 2.75) is 64.8 Å². The van der Waals surface area contributed by atoms with Crippen molar-refractivity contribution in [3.63, 3.8) is 0 Å². The largest absolute Gasteiger partial charge is 0.342 e. The Kier molecular flexibility index (Phi) is 6.91. The minimum absolute atomic E-state index is 0.125. The molecule has 0 saturated heterocycles. The van der Waals surface area contributed by atoms with Crippen LogP contribution in [0.15, 0.2) is 41.8 Å². The lowest BCUT2D eigenvalue weighted by atomic mass is 9.95. The first-order valence-corrected chi connectivity index (χ1v) is 12.5. The number of nitrogens with zero attached hydrogens (tertiary/aromatic N) is 3. The molecular formula is C26H33N3OS. The fourth-order valence-corrected chi connectivity index (χ4v) is 5.47. The SMILES string of the molecule is CCCCN(C)C(=O)c1cc(-c2csc(-c3ccccc3)n2)n(C2CCCCC2)c1C. The molecule has 5 heteroatoms. The normalized spacial score (nSPS) is 14.7. The molecule has 0 spiro atoms. The van der Waals surface area contributed by atoms with Gasteiger partial charge in [0.15, 0.2) is 0 Å². The molecule has 4 rings (SSSR count). The Labute approximate surface area is 189 Å². The molecule has 2 aromatic heterocycles. The van der Waals surface area contributed by atoms with Crippen LogP contribution in [-0.2, 0) is 0 Å². The van der Waals surface area contributed by atoms with E-state index in [4.69, 9.17) is 4.98 Å². The minimum Gasteiger partial charge on any atom is -0.342 e. The molecule has 1 fully saturated rings. The summed E-state index contributed by atoms with van der Waals surface area (Å²) in [5.74, 6) is 0.125. The van der Waals surface area contributed by atoms with Gasteiger partial charge in [-0.05, 0) is 32.3 Å². The van der Waals surface area contributed by atoms with Gasteiger partial charge in [-0.15, -0.1) is 11.3 Å². The first-order chi connectivity index (χ1) is 15.1. The lowest BCUT2D eigenvalue weighted by Crippen LogP contribution is -2.28. The molecule has 31 heavy (non-hydrogen) atoms. The van der Waals surface area contributed by atoms with Crippen molar-refractivity contribution in [1.29, 1.82) is 0 Å². The average Bonchev–Trinajstić information content (AvgIpc) is 3.43. The van der Waals surface area contributed by atoms with Crippen LogP contribution in [0.4, 0.5) is 0 Å². The van der Waals surface area contributed by atoms with Crippen LogP contribution in [0, 0.1) is 6.92 Å². The van der Waals surface area contributed by atoms with E-state index in [1.807, 2.05) is 30.1 Å². The van der Waals surface area contributed by atoms with E-state index in [2.05, 4.69) is 42.0 Å². The second kappa shape index (κ2) is 9.82. The molecule has 1 aromatic carbocycles. The maximum atomic E-state index is 13.3. The monoisotopic (exact) mass is 435 g/mol. The Morgan fingerprint density at radius 3 is 2.65 bits per heavy atom. The second-order valence-corrected chi connectivity index (χ2v) is 9.53. The quantitative estimate of drug-likeness (QED) is 0.402. The number of thiazole rings is 1. The lowest BCUT2D eigenvalue weighted by Gasteiger charge is -2.27. The zero-order valence-electron chi connectivity index (χ0n) is 18.9. The summed E-state index contributed by atoms with van der Waals surface area (Å²) in [7, 11) is 1.92. The van der Waals surface area contributed by atoms with Gasteiger partial charge >= 0.3 is 0 Å². The van der Waals surface area contributed by atoms with E-state index in [0.717, 1.165) is 52.6 Å². The highest BCUT2D eigenvalue weighted by molar-refractivity contribution is 7.13. The Morgan fingerprint density at radius 2 is 1.94 bits per heavy atom. The highest BCUT2D eigenvalue weighted by atomic mass is 32.1. The number of hydrogen-bond donors (Lipinski definition) is 0. The van der Waals surface area contributed by atoms with Crippen molar-refractivity contribution < 1.29 is 4.79 Å². The highest BCUT2D eigenvalue weighted by Gasteiger charge is 2.27. The fraction of sp³-hybridized carbons (Fsp3) is 0.462. The van der Waals surface area contributed by atoms with Crippen LogP contribution in [0.3, 0.4) is 0 Å². The fourth-order valence-electron chi connectivity index (χ4n) is 4.65. The third-order valence-corrected chi connectivity index (χ3v) is 7.33. The van der Waals surface area contributed by atoms with Crippen molar-refractivity contribution in [2.75, 3.05) is 13.6 Å². The summed E-state index contributed by atoms with van der Waals surface area (Å²) in [5.41, 5.74) is 5.13. The summed E-state index contributed by atoms with van der Waals surface area (Å²) in [5, 5.41) is 3.17. The van der Waals surface area contributed by atoms with Gasteiger partial charge in [-0.25, -0.2) is 4.98 Å². The van der Waals surface area contributed by atoms with Crippen LogP contribution in [0.2, 0.25) is 0 Å². The standard InChI is InChI=1S/C26H33N3OS/c1-4-5-16-28(3)26(30)22-17-24(29(19(22)2)21-14-10-7-11-15-21)23-18-31-25(27-23)20-12-8-6-9-13-20/h6,8-9,12-13,17-18,21H,4-5,7,10-11,14-16H2,1-3H3. The molecule has 3 aromatic rings. The smallest absolute Gasteiger partial charge is 0.255 e. The third-order valence-electron chi connectivity index (χ3n) is 6.44. The zero-order chi connectivity index (χ0) is 21.8. The van der Waals surface area contributed by atoms with Gasteiger partial charge in [0.2, 0.25) is 0 Å². The van der Waals surface area contributed by atoms with E-state index in [0.29, 0.717) is 6.04 Å². The van der Waals surface area contributed by atoms with Crippen molar-refractivity contribution in [3.8, 4) is 22.0 Å². The van der Waals surface area contributed by atoms with Crippen LogP contribution < -0.4 is 0 Å². The Morgan fingerprint density at radius 1 is 1.19 bits per heavy atom. The maximum Gasteiger partial charge on any atom is 0.255 e. The molecule has 4 nitrogen and oxygen atoms in total. The number of carbonyl (C=O) groups is 1. The molecule has 0 radical (unpaired) electrons. The molecule has 164 valence electrons. The molecule has 2 heterocycles. The molecule has 0 atom stereocenters. The minimum atomic E-state index is 0.125. The van der Waals surface area contributed by atoms with Gasteiger partial charge in [-0.2, -0.15) is 0 Å². The Hall–Kier alpha value is -2.40. The predicted molar refractivity (Wildman–Crippen MR) is 130 cm³/mol. The molecule has 0 N–H and O–H groups in total. The van der Waals surface area contributed by atoms with Gasteiger partial charge < -0.3 is 9.47 Å². The summed E-state index contributed by atoms with van der Waals surface area (Å²) in [6, 6.07) is 12.9. The van der Waals surface area contributed by atoms with Crippen LogP contribution in [0.5, 0.6) is 0 Å². The van der Waals surface area contributed by atoms with Crippen LogP contribution >= 0.6 is 11.3 Å². The van der Waals surface area contributed by atoms with E-state index >= 15 is 0 Å². The average molecular weight is 436 g/mol. The van der Waals surface area contributed by atoms with Gasteiger partial charge in [0.1, 0.15) is 5.01 Å². The summed E-state index contributed by atoms with van der Waals surface area (Å²) in [4.78, 5) is 20.1. The van der Waals surface area contributed by atoms with Gasteiger partial charge in [0.05, 0.1) is 17.0 Å². The second-order valence-electron chi connectivity index (χ2n) is 8.67. The number of carbonyl (C=O) groups excluding carboxylic acids is 1.